The molecule has 0 bridgehead atoms. The van der Waals surface area contributed by atoms with E-state index in [1.807, 2.05) is 0 Å². The van der Waals surface area contributed by atoms with Crippen LogP contribution in [0.15, 0.2) is 36.4 Å². The van der Waals surface area contributed by atoms with Crippen LogP contribution >= 0.6 is 0 Å². The molecule has 0 amide bonds. The molecule has 2 aromatic carbocycles. The molecule has 0 aromatic heterocycles. The summed E-state index contributed by atoms with van der Waals surface area (Å²) in [6.07, 6.45) is 4.81. The van der Waals surface area contributed by atoms with E-state index in [0.29, 0.717) is 0 Å². The molecule has 0 saturated carbocycles. The summed E-state index contributed by atoms with van der Waals surface area (Å²) in [7, 11) is 0. The second-order valence-electron chi connectivity index (χ2n) is 8.08. The first-order chi connectivity index (χ1) is 13.9. The second-order valence-corrected chi connectivity index (χ2v) is 8.08. The summed E-state index contributed by atoms with van der Waals surface area (Å²) in [5.41, 5.74) is 3.10. The summed E-state index contributed by atoms with van der Waals surface area (Å²) in [6, 6.07) is 13.7. The Hall–Kier alpha value is -1.46. The lowest BCUT2D eigenvalue weighted by Crippen LogP contribution is -2.37. The number of nitrogens with zero attached hydrogens (tertiary/aromatic N) is 2. The molecule has 0 N–H and O–H groups in total. The van der Waals surface area contributed by atoms with Crippen LogP contribution in [0.4, 0.5) is 0 Å². The zero-order valence-corrected chi connectivity index (χ0v) is 17.1. The lowest BCUT2D eigenvalue weighted by molar-refractivity contribution is 0.0372. The van der Waals surface area contributed by atoms with Crippen LogP contribution in [0.5, 0.6) is 0 Å². The Morgan fingerprint density at radius 3 is 1.50 bits per heavy atom. The number of ether oxygens (including phenoxy) is 2. The fraction of sp³-hybridized carbons (Fsp3) is 0.583. The van der Waals surface area contributed by atoms with Crippen LogP contribution in [0.2, 0.25) is 0 Å². The fourth-order valence-electron chi connectivity index (χ4n) is 4.44. The van der Waals surface area contributed by atoms with E-state index in [0.717, 1.165) is 52.6 Å². The second kappa shape index (κ2) is 10.4. The first-order valence-electron chi connectivity index (χ1n) is 11.0. The zero-order chi connectivity index (χ0) is 19.0. The Labute approximate surface area is 169 Å². The van der Waals surface area contributed by atoms with Gasteiger partial charge in [-0.3, -0.25) is 9.80 Å². The highest BCUT2D eigenvalue weighted by Crippen LogP contribution is 2.23. The van der Waals surface area contributed by atoms with E-state index in [1.54, 1.807) is 11.1 Å². The smallest absolute Gasteiger partial charge is 0.0594 e. The van der Waals surface area contributed by atoms with E-state index in [-0.39, 0.29) is 0 Å². The Morgan fingerprint density at radius 1 is 0.643 bits per heavy atom. The van der Waals surface area contributed by atoms with Crippen molar-refractivity contribution in [1.82, 2.24) is 9.80 Å². The average Bonchev–Trinajstić information content (AvgIpc) is 2.75. The first kappa shape index (κ1) is 19.8. The minimum atomic E-state index is 0.892. The van der Waals surface area contributed by atoms with E-state index in [1.165, 1.54) is 49.5 Å². The molecular formula is C24H34N2O2. The van der Waals surface area contributed by atoms with Crippen molar-refractivity contribution in [3.05, 3.63) is 47.5 Å². The summed E-state index contributed by atoms with van der Waals surface area (Å²) in [6.45, 7) is 10.3. The van der Waals surface area contributed by atoms with Crippen LogP contribution in [0.3, 0.4) is 0 Å². The standard InChI is InChI=1S/C24H34N2O2/c1-2-6-22-20-24(8-4-10-26-13-17-28-18-14-26)23(19-21(22)5-1)7-3-9-25-11-15-27-16-12-25/h1-2,5-6,19-20H,3-4,7-18H2. The Morgan fingerprint density at radius 2 is 1.07 bits per heavy atom. The van der Waals surface area contributed by atoms with Gasteiger partial charge in [0.15, 0.2) is 0 Å². The Bertz CT molecular complexity index is 674. The molecule has 4 rings (SSSR count). The van der Waals surface area contributed by atoms with Crippen molar-refractivity contribution in [2.75, 3.05) is 65.7 Å². The third kappa shape index (κ3) is 5.54. The summed E-state index contributed by atoms with van der Waals surface area (Å²) < 4.78 is 10.9. The van der Waals surface area contributed by atoms with Gasteiger partial charge in [0.1, 0.15) is 0 Å². The molecule has 152 valence electrons. The van der Waals surface area contributed by atoms with E-state index in [2.05, 4.69) is 46.2 Å². The maximum Gasteiger partial charge on any atom is 0.0594 e. The highest BCUT2D eigenvalue weighted by molar-refractivity contribution is 5.84. The number of hydrogen-bond donors (Lipinski definition) is 0. The molecular weight excluding hydrogens is 348 g/mol. The number of aryl methyl sites for hydroxylation is 2. The average molecular weight is 383 g/mol. The van der Waals surface area contributed by atoms with Gasteiger partial charge in [0, 0.05) is 26.2 Å². The number of fused-ring (bicyclic) bond motifs is 1. The van der Waals surface area contributed by atoms with Gasteiger partial charge < -0.3 is 9.47 Å². The molecule has 2 saturated heterocycles. The van der Waals surface area contributed by atoms with Gasteiger partial charge in [0.2, 0.25) is 0 Å². The number of benzene rings is 2. The van der Waals surface area contributed by atoms with E-state index < -0.39 is 0 Å². The maximum absolute atomic E-state index is 5.47. The van der Waals surface area contributed by atoms with E-state index in [9.17, 15) is 0 Å². The lowest BCUT2D eigenvalue weighted by atomic mass is 9.94. The molecule has 28 heavy (non-hydrogen) atoms. The molecule has 0 aliphatic carbocycles. The molecule has 2 aromatic rings. The molecule has 4 nitrogen and oxygen atoms in total. The number of morpholine rings is 2. The number of hydrogen-bond acceptors (Lipinski definition) is 4. The normalized spacial score (nSPS) is 19.3. The predicted molar refractivity (Wildman–Crippen MR) is 115 cm³/mol. The van der Waals surface area contributed by atoms with Gasteiger partial charge in [-0.15, -0.1) is 0 Å². The van der Waals surface area contributed by atoms with Crippen molar-refractivity contribution in [1.29, 1.82) is 0 Å². The van der Waals surface area contributed by atoms with Gasteiger partial charge in [-0.25, -0.2) is 0 Å². The minimum absolute atomic E-state index is 0.892. The van der Waals surface area contributed by atoms with Gasteiger partial charge in [0.25, 0.3) is 0 Å². The van der Waals surface area contributed by atoms with Crippen molar-refractivity contribution >= 4 is 10.8 Å². The van der Waals surface area contributed by atoms with Crippen LogP contribution in [-0.4, -0.2) is 75.5 Å². The largest absolute Gasteiger partial charge is 0.379 e. The van der Waals surface area contributed by atoms with E-state index in [4.69, 9.17) is 9.47 Å². The van der Waals surface area contributed by atoms with Crippen LogP contribution in [0.25, 0.3) is 10.8 Å². The van der Waals surface area contributed by atoms with Crippen molar-refractivity contribution in [2.45, 2.75) is 25.7 Å². The van der Waals surface area contributed by atoms with E-state index >= 15 is 0 Å². The number of rotatable bonds is 8. The van der Waals surface area contributed by atoms with Gasteiger partial charge in [-0.2, -0.15) is 0 Å². The van der Waals surface area contributed by atoms with Crippen molar-refractivity contribution in [3.63, 3.8) is 0 Å². The van der Waals surface area contributed by atoms with Crippen LogP contribution < -0.4 is 0 Å². The SMILES string of the molecule is c1ccc2cc(CCCN3CCOCC3)c(CCCN3CCOCC3)cc2c1. The molecule has 4 heteroatoms. The summed E-state index contributed by atoms with van der Waals surface area (Å²) in [4.78, 5) is 5.09. The first-order valence-corrected chi connectivity index (χ1v) is 11.0. The summed E-state index contributed by atoms with van der Waals surface area (Å²) in [5.74, 6) is 0. The summed E-state index contributed by atoms with van der Waals surface area (Å²) in [5, 5.41) is 2.75. The third-order valence-electron chi connectivity index (χ3n) is 6.12. The zero-order valence-electron chi connectivity index (χ0n) is 17.1. The van der Waals surface area contributed by atoms with Crippen molar-refractivity contribution in [2.24, 2.45) is 0 Å². The fourth-order valence-corrected chi connectivity index (χ4v) is 4.44. The monoisotopic (exact) mass is 382 g/mol. The highest BCUT2D eigenvalue weighted by Gasteiger charge is 2.13. The van der Waals surface area contributed by atoms with Crippen molar-refractivity contribution in [3.8, 4) is 0 Å². The summed E-state index contributed by atoms with van der Waals surface area (Å²) >= 11 is 0. The molecule has 2 fully saturated rings. The quantitative estimate of drug-likeness (QED) is 0.699. The Kier molecular flexibility index (Phi) is 7.34. The molecule has 0 spiro atoms. The maximum atomic E-state index is 5.47. The van der Waals surface area contributed by atoms with Gasteiger partial charge in [-0.05, 0) is 60.7 Å². The Balaban J connectivity index is 1.38. The molecule has 0 unspecified atom stereocenters. The predicted octanol–water partition coefficient (Wildman–Crippen LogP) is 3.37. The van der Waals surface area contributed by atoms with Gasteiger partial charge in [0.05, 0.1) is 26.4 Å². The minimum Gasteiger partial charge on any atom is -0.379 e. The molecule has 2 heterocycles. The molecule has 0 radical (unpaired) electrons. The molecule has 2 aliphatic heterocycles. The molecule has 0 atom stereocenters. The van der Waals surface area contributed by atoms with Gasteiger partial charge in [-0.1, -0.05) is 36.4 Å². The highest BCUT2D eigenvalue weighted by atomic mass is 16.5. The third-order valence-corrected chi connectivity index (χ3v) is 6.12. The van der Waals surface area contributed by atoms with Crippen molar-refractivity contribution < 1.29 is 9.47 Å². The van der Waals surface area contributed by atoms with Crippen LogP contribution in [-0.2, 0) is 22.3 Å². The lowest BCUT2D eigenvalue weighted by Gasteiger charge is -2.27. The van der Waals surface area contributed by atoms with Crippen LogP contribution in [0, 0.1) is 0 Å². The van der Waals surface area contributed by atoms with Gasteiger partial charge >= 0.3 is 0 Å². The molecule has 2 aliphatic rings. The van der Waals surface area contributed by atoms with Crippen LogP contribution in [0.1, 0.15) is 24.0 Å². The topological polar surface area (TPSA) is 24.9 Å².